The molecule has 2 aromatic heterocycles. The lowest BCUT2D eigenvalue weighted by molar-refractivity contribution is -0.137. The quantitative estimate of drug-likeness (QED) is 0.459. The first-order valence-corrected chi connectivity index (χ1v) is 9.50. The molecule has 0 radical (unpaired) electrons. The Balaban J connectivity index is 1.39. The average molecular weight is 438 g/mol. The number of carbonyl (C=O) groups is 1. The van der Waals surface area contributed by atoms with E-state index in [1.807, 2.05) is 13.0 Å². The first-order chi connectivity index (χ1) is 15.3. The van der Waals surface area contributed by atoms with Crippen molar-refractivity contribution in [1.29, 1.82) is 0 Å². The van der Waals surface area contributed by atoms with Crippen molar-refractivity contribution in [2.75, 3.05) is 10.6 Å². The van der Waals surface area contributed by atoms with Crippen molar-refractivity contribution in [3.63, 3.8) is 0 Å². The number of aromatic nitrogens is 4. The number of benzene rings is 2. The summed E-state index contributed by atoms with van der Waals surface area (Å²) in [7, 11) is 0. The molecule has 0 fully saturated rings. The molecular weight excluding hydrogens is 421 g/mol. The smallest absolute Gasteiger partial charge is 0.339 e. The maximum atomic E-state index is 12.8. The van der Waals surface area contributed by atoms with Gasteiger partial charge in [-0.15, -0.1) is 10.2 Å². The third kappa shape index (κ3) is 4.91. The number of halogens is 3. The lowest BCUT2D eigenvalue weighted by Gasteiger charge is -2.10. The zero-order valence-corrected chi connectivity index (χ0v) is 16.8. The van der Waals surface area contributed by atoms with Crippen LogP contribution in [-0.2, 0) is 6.18 Å². The van der Waals surface area contributed by atoms with Gasteiger partial charge in [-0.3, -0.25) is 4.79 Å². The van der Waals surface area contributed by atoms with Crippen LogP contribution in [0.2, 0.25) is 0 Å². The van der Waals surface area contributed by atoms with Gasteiger partial charge in [0.2, 0.25) is 0 Å². The molecular formula is C22H17F3N6O. The van der Waals surface area contributed by atoms with Crippen LogP contribution in [-0.4, -0.2) is 25.9 Å². The van der Waals surface area contributed by atoms with Gasteiger partial charge in [-0.05, 0) is 67.6 Å². The number of anilines is 3. The van der Waals surface area contributed by atoms with Crippen molar-refractivity contribution in [1.82, 2.24) is 20.0 Å². The lowest BCUT2D eigenvalue weighted by Crippen LogP contribution is -2.13. The summed E-state index contributed by atoms with van der Waals surface area (Å²) < 4.78 is 40.1. The zero-order valence-electron chi connectivity index (χ0n) is 16.8. The van der Waals surface area contributed by atoms with Crippen LogP contribution >= 0.6 is 0 Å². The molecule has 0 bridgehead atoms. The molecule has 7 nitrogen and oxygen atoms in total. The van der Waals surface area contributed by atoms with Crippen LogP contribution in [0.25, 0.3) is 5.82 Å². The number of hydrogen-bond acceptors (Lipinski definition) is 5. The molecule has 0 saturated heterocycles. The fourth-order valence-electron chi connectivity index (χ4n) is 2.88. The van der Waals surface area contributed by atoms with E-state index in [0.29, 0.717) is 23.0 Å². The molecule has 0 spiro atoms. The molecule has 0 atom stereocenters. The number of carbonyl (C=O) groups excluding carboxylic acids is 1. The van der Waals surface area contributed by atoms with Gasteiger partial charge >= 0.3 is 6.18 Å². The van der Waals surface area contributed by atoms with E-state index in [1.165, 1.54) is 12.1 Å². The monoisotopic (exact) mass is 438 g/mol. The number of amides is 1. The van der Waals surface area contributed by atoms with Gasteiger partial charge in [-0.1, -0.05) is 6.07 Å². The minimum absolute atomic E-state index is 0.0789. The predicted molar refractivity (Wildman–Crippen MR) is 113 cm³/mol. The number of aryl methyl sites for hydroxylation is 1. The summed E-state index contributed by atoms with van der Waals surface area (Å²) in [6, 6.07) is 16.3. The third-order valence-corrected chi connectivity index (χ3v) is 4.47. The highest BCUT2D eigenvalue weighted by Crippen LogP contribution is 2.29. The maximum absolute atomic E-state index is 12.8. The molecule has 1 amide bonds. The second-order valence-corrected chi connectivity index (χ2v) is 6.91. The molecule has 4 rings (SSSR count). The average Bonchev–Trinajstić information content (AvgIpc) is 3.21. The highest BCUT2D eigenvalue weighted by molar-refractivity contribution is 6.04. The van der Waals surface area contributed by atoms with Gasteiger partial charge in [0, 0.05) is 23.1 Å². The van der Waals surface area contributed by atoms with Gasteiger partial charge in [-0.2, -0.15) is 18.3 Å². The number of nitrogens with one attached hydrogen (secondary N) is 2. The standard InChI is InChI=1S/C22H17F3N6O/c1-14-11-12-31(30-14)20-10-9-19(28-29-20)26-17-5-7-18(8-6-17)27-21(32)15-3-2-4-16(13-15)22(23,24)25/h2-13H,1H3,(H,26,28)(H,27,32). The van der Waals surface area contributed by atoms with E-state index in [0.717, 1.165) is 17.8 Å². The topological polar surface area (TPSA) is 84.7 Å². The van der Waals surface area contributed by atoms with Crippen LogP contribution in [0.15, 0.2) is 72.9 Å². The van der Waals surface area contributed by atoms with Crippen LogP contribution in [0.1, 0.15) is 21.6 Å². The molecule has 162 valence electrons. The Morgan fingerprint density at radius 1 is 0.938 bits per heavy atom. The van der Waals surface area contributed by atoms with Gasteiger partial charge < -0.3 is 10.6 Å². The van der Waals surface area contributed by atoms with Crippen molar-refractivity contribution in [3.05, 3.63) is 89.7 Å². The largest absolute Gasteiger partial charge is 0.416 e. The fraction of sp³-hybridized carbons (Fsp3) is 0.0909. The van der Waals surface area contributed by atoms with Crippen molar-refractivity contribution >= 4 is 23.1 Å². The van der Waals surface area contributed by atoms with Crippen LogP contribution in [0.5, 0.6) is 0 Å². The first-order valence-electron chi connectivity index (χ1n) is 9.50. The molecule has 0 saturated carbocycles. The molecule has 0 aliphatic rings. The van der Waals surface area contributed by atoms with Gasteiger partial charge in [0.25, 0.3) is 5.91 Å². The Kier molecular flexibility index (Phi) is 5.59. The van der Waals surface area contributed by atoms with Gasteiger partial charge in [0.1, 0.15) is 0 Å². The highest BCUT2D eigenvalue weighted by atomic mass is 19.4. The number of alkyl halides is 3. The molecule has 0 unspecified atom stereocenters. The minimum Gasteiger partial charge on any atom is -0.339 e. The van der Waals surface area contributed by atoms with Crippen LogP contribution in [0.3, 0.4) is 0 Å². The molecule has 10 heteroatoms. The highest BCUT2D eigenvalue weighted by Gasteiger charge is 2.30. The van der Waals surface area contributed by atoms with E-state index in [9.17, 15) is 18.0 Å². The normalized spacial score (nSPS) is 11.2. The van der Waals surface area contributed by atoms with Crippen LogP contribution in [0.4, 0.5) is 30.4 Å². The van der Waals surface area contributed by atoms with Crippen molar-refractivity contribution in [2.45, 2.75) is 13.1 Å². The lowest BCUT2D eigenvalue weighted by atomic mass is 10.1. The Morgan fingerprint density at radius 2 is 1.69 bits per heavy atom. The van der Waals surface area contributed by atoms with Crippen molar-refractivity contribution in [3.8, 4) is 5.82 Å². The summed E-state index contributed by atoms with van der Waals surface area (Å²) in [5.74, 6) is 0.460. The molecule has 4 aromatic rings. The molecule has 0 aliphatic carbocycles. The van der Waals surface area contributed by atoms with E-state index < -0.39 is 17.6 Å². The van der Waals surface area contributed by atoms with Crippen LogP contribution < -0.4 is 10.6 Å². The summed E-state index contributed by atoms with van der Waals surface area (Å²) in [5.41, 5.74) is 1.05. The van der Waals surface area contributed by atoms with Gasteiger partial charge in [0.15, 0.2) is 11.6 Å². The Hall–Kier alpha value is -4.21. The number of hydrogen-bond donors (Lipinski definition) is 2. The Bertz CT molecular complexity index is 1230. The zero-order chi connectivity index (χ0) is 22.7. The second-order valence-electron chi connectivity index (χ2n) is 6.91. The van der Waals surface area contributed by atoms with E-state index in [2.05, 4.69) is 25.9 Å². The fourth-order valence-corrected chi connectivity index (χ4v) is 2.88. The number of rotatable bonds is 5. The van der Waals surface area contributed by atoms with E-state index in [-0.39, 0.29) is 5.56 Å². The van der Waals surface area contributed by atoms with E-state index in [1.54, 1.807) is 47.3 Å². The summed E-state index contributed by atoms with van der Waals surface area (Å²) in [4.78, 5) is 12.3. The summed E-state index contributed by atoms with van der Waals surface area (Å²) in [5, 5.41) is 18.2. The molecule has 0 aliphatic heterocycles. The SMILES string of the molecule is Cc1ccn(-c2ccc(Nc3ccc(NC(=O)c4cccc(C(F)(F)F)c4)cc3)nn2)n1. The summed E-state index contributed by atoms with van der Waals surface area (Å²) in [6.45, 7) is 1.88. The molecule has 2 heterocycles. The van der Waals surface area contributed by atoms with Crippen molar-refractivity contribution in [2.24, 2.45) is 0 Å². The molecule has 32 heavy (non-hydrogen) atoms. The maximum Gasteiger partial charge on any atom is 0.416 e. The Labute approximate surface area is 180 Å². The Morgan fingerprint density at radius 3 is 2.31 bits per heavy atom. The van der Waals surface area contributed by atoms with Crippen molar-refractivity contribution < 1.29 is 18.0 Å². The first kappa shape index (κ1) is 21.0. The summed E-state index contributed by atoms with van der Waals surface area (Å²) in [6.07, 6.45) is -2.72. The molecule has 2 N–H and O–H groups in total. The van der Waals surface area contributed by atoms with E-state index >= 15 is 0 Å². The van der Waals surface area contributed by atoms with Gasteiger partial charge in [-0.25, -0.2) is 4.68 Å². The van der Waals surface area contributed by atoms with Gasteiger partial charge in [0.05, 0.1) is 11.3 Å². The van der Waals surface area contributed by atoms with Crippen LogP contribution in [0, 0.1) is 6.92 Å². The minimum atomic E-state index is -4.51. The van der Waals surface area contributed by atoms with E-state index in [4.69, 9.17) is 0 Å². The third-order valence-electron chi connectivity index (χ3n) is 4.47. The summed E-state index contributed by atoms with van der Waals surface area (Å²) >= 11 is 0. The molecule has 2 aromatic carbocycles. The predicted octanol–water partition coefficient (Wildman–Crippen LogP) is 4.99. The number of nitrogens with zero attached hydrogens (tertiary/aromatic N) is 4. The second kappa shape index (κ2) is 8.50.